The number of piperazine rings is 1. The van der Waals surface area contributed by atoms with Crippen molar-refractivity contribution in [1.29, 1.82) is 0 Å². The Morgan fingerprint density at radius 1 is 1.33 bits per heavy atom. The van der Waals surface area contributed by atoms with Crippen molar-refractivity contribution in [2.45, 2.75) is 38.6 Å². The maximum absolute atomic E-state index is 5.10. The van der Waals surface area contributed by atoms with Crippen LogP contribution in [0.2, 0.25) is 0 Å². The van der Waals surface area contributed by atoms with Crippen molar-refractivity contribution in [3.8, 4) is 0 Å². The normalized spacial score (nSPS) is 21.8. The molecule has 1 heterocycles. The van der Waals surface area contributed by atoms with Crippen LogP contribution in [0.5, 0.6) is 0 Å². The quantitative estimate of drug-likeness (QED) is 0.678. The summed E-state index contributed by atoms with van der Waals surface area (Å²) in [6.45, 7) is 10.2. The highest BCUT2D eigenvalue weighted by molar-refractivity contribution is 4.92. The molecule has 0 aliphatic carbocycles. The second-order valence-electron chi connectivity index (χ2n) is 4.54. The second kappa shape index (κ2) is 6.46. The second-order valence-corrected chi connectivity index (χ2v) is 4.54. The zero-order valence-corrected chi connectivity index (χ0v) is 10.5. The minimum absolute atomic E-state index is 0.366. The van der Waals surface area contributed by atoms with Crippen LogP contribution in [0.4, 0.5) is 0 Å². The minimum Gasteiger partial charge on any atom is -0.385 e. The molecule has 3 heteroatoms. The van der Waals surface area contributed by atoms with Gasteiger partial charge in [0.15, 0.2) is 0 Å². The van der Waals surface area contributed by atoms with Gasteiger partial charge in [0.2, 0.25) is 0 Å². The summed E-state index contributed by atoms with van der Waals surface area (Å²) < 4.78 is 5.10. The first kappa shape index (κ1) is 12.9. The summed E-state index contributed by atoms with van der Waals surface area (Å²) in [4.78, 5) is 2.57. The molecule has 0 spiro atoms. The molecule has 0 amide bonds. The van der Waals surface area contributed by atoms with Crippen molar-refractivity contribution < 1.29 is 4.74 Å². The molecule has 0 aromatic rings. The predicted molar refractivity (Wildman–Crippen MR) is 64.2 cm³/mol. The predicted octanol–water partition coefficient (Wildman–Crippen LogP) is 1.49. The number of methoxy groups -OCH3 is 1. The molecular formula is C12H26N2O. The van der Waals surface area contributed by atoms with Crippen LogP contribution in [0.15, 0.2) is 0 Å². The first-order chi connectivity index (χ1) is 7.26. The molecule has 1 rings (SSSR count). The molecule has 0 radical (unpaired) electrons. The average Bonchev–Trinajstić information content (AvgIpc) is 2.30. The number of hydrogen-bond acceptors (Lipinski definition) is 3. The fraction of sp³-hybridized carbons (Fsp3) is 1.00. The van der Waals surface area contributed by atoms with Crippen molar-refractivity contribution in [3.05, 3.63) is 0 Å². The van der Waals surface area contributed by atoms with Gasteiger partial charge < -0.3 is 15.0 Å². The third-order valence-electron chi connectivity index (χ3n) is 3.63. The van der Waals surface area contributed by atoms with E-state index in [0.29, 0.717) is 5.54 Å². The first-order valence-corrected chi connectivity index (χ1v) is 6.22. The largest absolute Gasteiger partial charge is 0.385 e. The van der Waals surface area contributed by atoms with Gasteiger partial charge in [-0.05, 0) is 19.3 Å². The van der Waals surface area contributed by atoms with E-state index < -0.39 is 0 Å². The van der Waals surface area contributed by atoms with E-state index >= 15 is 0 Å². The zero-order chi connectivity index (χ0) is 11.1. The van der Waals surface area contributed by atoms with Gasteiger partial charge in [0.25, 0.3) is 0 Å². The smallest absolute Gasteiger partial charge is 0.0474 e. The van der Waals surface area contributed by atoms with E-state index in [1.807, 2.05) is 0 Å². The maximum Gasteiger partial charge on any atom is 0.0474 e. The van der Waals surface area contributed by atoms with Gasteiger partial charge in [0.05, 0.1) is 0 Å². The van der Waals surface area contributed by atoms with Gasteiger partial charge in [-0.2, -0.15) is 0 Å². The van der Waals surface area contributed by atoms with Crippen LogP contribution in [-0.4, -0.2) is 50.3 Å². The van der Waals surface area contributed by atoms with E-state index in [2.05, 4.69) is 24.1 Å². The first-order valence-electron chi connectivity index (χ1n) is 6.22. The molecule has 0 atom stereocenters. The van der Waals surface area contributed by atoms with Crippen molar-refractivity contribution in [2.75, 3.05) is 39.9 Å². The van der Waals surface area contributed by atoms with Gasteiger partial charge in [-0.15, -0.1) is 0 Å². The molecule has 15 heavy (non-hydrogen) atoms. The lowest BCUT2D eigenvalue weighted by atomic mass is 9.90. The van der Waals surface area contributed by atoms with Crippen molar-refractivity contribution in [1.82, 2.24) is 10.2 Å². The Balaban J connectivity index is 2.34. The van der Waals surface area contributed by atoms with Crippen LogP contribution in [0, 0.1) is 0 Å². The molecule has 0 bridgehead atoms. The van der Waals surface area contributed by atoms with E-state index in [-0.39, 0.29) is 0 Å². The number of ether oxygens (including phenoxy) is 1. The number of hydrogen-bond donors (Lipinski definition) is 1. The molecule has 1 fully saturated rings. The Morgan fingerprint density at radius 3 is 2.67 bits per heavy atom. The number of rotatable bonds is 6. The van der Waals surface area contributed by atoms with E-state index in [9.17, 15) is 0 Å². The third-order valence-corrected chi connectivity index (χ3v) is 3.63. The molecule has 1 saturated heterocycles. The Kier molecular flexibility index (Phi) is 5.58. The molecular weight excluding hydrogens is 188 g/mol. The molecule has 0 unspecified atom stereocenters. The summed E-state index contributed by atoms with van der Waals surface area (Å²) in [5.41, 5.74) is 0.366. The summed E-state index contributed by atoms with van der Waals surface area (Å²) in [7, 11) is 1.78. The van der Waals surface area contributed by atoms with E-state index in [4.69, 9.17) is 4.74 Å². The summed E-state index contributed by atoms with van der Waals surface area (Å²) in [5.74, 6) is 0. The zero-order valence-electron chi connectivity index (χ0n) is 10.5. The van der Waals surface area contributed by atoms with Crippen LogP contribution in [-0.2, 0) is 4.74 Å². The lowest BCUT2D eigenvalue weighted by Gasteiger charge is -2.43. The lowest BCUT2D eigenvalue weighted by molar-refractivity contribution is 0.109. The molecule has 1 N–H and O–H groups in total. The highest BCUT2D eigenvalue weighted by atomic mass is 16.5. The van der Waals surface area contributed by atoms with E-state index in [0.717, 1.165) is 19.6 Å². The molecule has 0 saturated carbocycles. The topological polar surface area (TPSA) is 24.5 Å². The Labute approximate surface area is 94.2 Å². The van der Waals surface area contributed by atoms with Crippen molar-refractivity contribution in [3.63, 3.8) is 0 Å². The fourth-order valence-corrected chi connectivity index (χ4v) is 2.39. The molecule has 1 aliphatic heterocycles. The Morgan fingerprint density at radius 2 is 2.07 bits per heavy atom. The highest BCUT2D eigenvalue weighted by Crippen LogP contribution is 2.19. The van der Waals surface area contributed by atoms with Gasteiger partial charge in [-0.3, -0.25) is 0 Å². The summed E-state index contributed by atoms with van der Waals surface area (Å²) in [6.07, 6.45) is 3.61. The fourth-order valence-electron chi connectivity index (χ4n) is 2.39. The van der Waals surface area contributed by atoms with Gasteiger partial charge in [-0.25, -0.2) is 0 Å². The molecule has 3 nitrogen and oxygen atoms in total. The van der Waals surface area contributed by atoms with E-state index in [1.165, 1.54) is 32.5 Å². The van der Waals surface area contributed by atoms with Gasteiger partial charge >= 0.3 is 0 Å². The van der Waals surface area contributed by atoms with Crippen molar-refractivity contribution >= 4 is 0 Å². The average molecular weight is 214 g/mol. The molecule has 0 aromatic carbocycles. The minimum atomic E-state index is 0.366. The Hall–Kier alpha value is -0.120. The van der Waals surface area contributed by atoms with Gasteiger partial charge in [-0.1, -0.05) is 13.8 Å². The van der Waals surface area contributed by atoms with Gasteiger partial charge in [0.1, 0.15) is 0 Å². The van der Waals surface area contributed by atoms with E-state index in [1.54, 1.807) is 7.11 Å². The Bertz CT molecular complexity index is 169. The van der Waals surface area contributed by atoms with Crippen LogP contribution in [0.1, 0.15) is 33.1 Å². The number of nitrogens with one attached hydrogen (secondary N) is 1. The van der Waals surface area contributed by atoms with Crippen LogP contribution >= 0.6 is 0 Å². The third kappa shape index (κ3) is 3.74. The lowest BCUT2D eigenvalue weighted by Crippen LogP contribution is -2.59. The van der Waals surface area contributed by atoms with Crippen LogP contribution in [0.25, 0.3) is 0 Å². The maximum atomic E-state index is 5.10. The summed E-state index contributed by atoms with van der Waals surface area (Å²) in [6, 6.07) is 0. The SMILES string of the molecule is CCC1(CC)CN(CCCOC)CCN1. The van der Waals surface area contributed by atoms with Crippen LogP contribution in [0.3, 0.4) is 0 Å². The van der Waals surface area contributed by atoms with Crippen LogP contribution < -0.4 is 5.32 Å². The molecule has 90 valence electrons. The standard InChI is InChI=1S/C12H26N2O/c1-4-12(5-2)11-14(9-7-13-12)8-6-10-15-3/h13H,4-11H2,1-3H3. The molecule has 1 aliphatic rings. The summed E-state index contributed by atoms with van der Waals surface area (Å²) >= 11 is 0. The summed E-state index contributed by atoms with van der Waals surface area (Å²) in [5, 5.41) is 3.68. The monoisotopic (exact) mass is 214 g/mol. The molecule has 0 aromatic heterocycles. The van der Waals surface area contributed by atoms with Gasteiger partial charge in [0, 0.05) is 45.4 Å². The highest BCUT2D eigenvalue weighted by Gasteiger charge is 2.31. The van der Waals surface area contributed by atoms with Crippen molar-refractivity contribution in [2.24, 2.45) is 0 Å². The number of nitrogens with zero attached hydrogens (tertiary/aromatic N) is 1.